The Kier molecular flexibility index (Phi) is 4.47. The molecule has 0 aromatic heterocycles. The van der Waals surface area contributed by atoms with Crippen molar-refractivity contribution in [3.8, 4) is 5.75 Å². The van der Waals surface area contributed by atoms with Gasteiger partial charge in [0, 0.05) is 13.0 Å². The monoisotopic (exact) mass is 287 g/mol. The number of carbonyl (C=O) groups excluding carboxylic acids is 1. The molecule has 2 aliphatic carbocycles. The van der Waals surface area contributed by atoms with Crippen LogP contribution < -0.4 is 10.1 Å². The van der Waals surface area contributed by atoms with Crippen LogP contribution in [0.2, 0.25) is 0 Å². The van der Waals surface area contributed by atoms with Crippen molar-refractivity contribution in [2.45, 2.75) is 38.5 Å². The van der Waals surface area contributed by atoms with Gasteiger partial charge >= 0.3 is 0 Å². The van der Waals surface area contributed by atoms with Crippen LogP contribution in [0.1, 0.15) is 37.7 Å². The zero-order valence-electron chi connectivity index (χ0n) is 12.8. The Morgan fingerprint density at radius 3 is 2.86 bits per heavy atom. The van der Waals surface area contributed by atoms with Crippen molar-refractivity contribution < 1.29 is 9.53 Å². The molecule has 0 heterocycles. The molecular formula is C18H25NO2. The standard InChI is InChI=1S/C18H25NO2/c1-21-17-5-3-2-4-14(17)8-9-19-18(20)12-16-11-13-6-7-15(16)10-13/h2-5,13,15-16H,6-12H2,1H3,(H,19,20). The predicted octanol–water partition coefficient (Wildman–Crippen LogP) is 3.18. The van der Waals surface area contributed by atoms with Crippen molar-refractivity contribution in [2.24, 2.45) is 17.8 Å². The first-order valence-electron chi connectivity index (χ1n) is 8.15. The summed E-state index contributed by atoms with van der Waals surface area (Å²) in [6, 6.07) is 8.00. The highest BCUT2D eigenvalue weighted by atomic mass is 16.5. The van der Waals surface area contributed by atoms with Crippen LogP contribution in [-0.2, 0) is 11.2 Å². The maximum absolute atomic E-state index is 12.1. The summed E-state index contributed by atoms with van der Waals surface area (Å²) in [5.41, 5.74) is 1.15. The zero-order valence-corrected chi connectivity index (χ0v) is 12.8. The lowest BCUT2D eigenvalue weighted by atomic mass is 9.86. The van der Waals surface area contributed by atoms with Crippen LogP contribution in [0.5, 0.6) is 5.75 Å². The molecule has 3 unspecified atom stereocenters. The number of benzene rings is 1. The highest BCUT2D eigenvalue weighted by Gasteiger charge is 2.39. The highest BCUT2D eigenvalue weighted by molar-refractivity contribution is 5.76. The summed E-state index contributed by atoms with van der Waals surface area (Å²) in [7, 11) is 1.69. The number of ether oxygens (including phenoxy) is 1. The van der Waals surface area contributed by atoms with E-state index in [2.05, 4.69) is 11.4 Å². The lowest BCUT2D eigenvalue weighted by Gasteiger charge is -2.20. The van der Waals surface area contributed by atoms with Gasteiger partial charge in [-0.2, -0.15) is 0 Å². The van der Waals surface area contributed by atoms with Crippen molar-refractivity contribution in [1.82, 2.24) is 5.32 Å². The van der Waals surface area contributed by atoms with E-state index in [0.717, 1.165) is 36.0 Å². The number of methoxy groups -OCH3 is 1. The minimum absolute atomic E-state index is 0.224. The molecule has 2 fully saturated rings. The molecule has 1 amide bonds. The van der Waals surface area contributed by atoms with Gasteiger partial charge in [-0.15, -0.1) is 0 Å². The van der Waals surface area contributed by atoms with Crippen LogP contribution in [0.15, 0.2) is 24.3 Å². The van der Waals surface area contributed by atoms with Gasteiger partial charge < -0.3 is 10.1 Å². The van der Waals surface area contributed by atoms with E-state index in [1.54, 1.807) is 7.11 Å². The van der Waals surface area contributed by atoms with Gasteiger partial charge in [0.1, 0.15) is 5.75 Å². The van der Waals surface area contributed by atoms with Crippen molar-refractivity contribution in [3.05, 3.63) is 29.8 Å². The summed E-state index contributed by atoms with van der Waals surface area (Å²) in [6.07, 6.45) is 6.96. The lowest BCUT2D eigenvalue weighted by molar-refractivity contribution is -0.122. The molecule has 114 valence electrons. The second-order valence-corrected chi connectivity index (χ2v) is 6.55. The van der Waals surface area contributed by atoms with Gasteiger partial charge in [0.25, 0.3) is 0 Å². The predicted molar refractivity (Wildman–Crippen MR) is 83.3 cm³/mol. The Morgan fingerprint density at radius 2 is 2.14 bits per heavy atom. The molecule has 3 rings (SSSR count). The minimum Gasteiger partial charge on any atom is -0.496 e. The lowest BCUT2D eigenvalue weighted by Crippen LogP contribution is -2.29. The molecule has 1 N–H and O–H groups in total. The van der Waals surface area contributed by atoms with Crippen molar-refractivity contribution in [1.29, 1.82) is 0 Å². The van der Waals surface area contributed by atoms with Gasteiger partial charge in [-0.25, -0.2) is 0 Å². The van der Waals surface area contributed by atoms with Crippen molar-refractivity contribution in [2.75, 3.05) is 13.7 Å². The SMILES string of the molecule is COc1ccccc1CCNC(=O)CC1CC2CCC1C2. The highest BCUT2D eigenvalue weighted by Crippen LogP contribution is 2.49. The molecule has 1 aromatic carbocycles. The summed E-state index contributed by atoms with van der Waals surface area (Å²) in [6.45, 7) is 0.694. The van der Waals surface area contributed by atoms with Gasteiger partial charge in [-0.3, -0.25) is 4.79 Å². The van der Waals surface area contributed by atoms with E-state index in [0.29, 0.717) is 12.5 Å². The van der Waals surface area contributed by atoms with Gasteiger partial charge in [0.05, 0.1) is 7.11 Å². The first-order valence-corrected chi connectivity index (χ1v) is 8.15. The molecule has 2 bridgehead atoms. The maximum atomic E-state index is 12.1. The molecule has 3 atom stereocenters. The largest absolute Gasteiger partial charge is 0.496 e. The molecule has 0 aliphatic heterocycles. The van der Waals surface area contributed by atoms with E-state index in [1.807, 2.05) is 18.2 Å². The van der Waals surface area contributed by atoms with Gasteiger partial charge in [0.2, 0.25) is 5.91 Å². The molecule has 3 nitrogen and oxygen atoms in total. The van der Waals surface area contributed by atoms with E-state index in [-0.39, 0.29) is 5.91 Å². The fourth-order valence-corrected chi connectivity index (χ4v) is 4.18. The van der Waals surface area contributed by atoms with Crippen molar-refractivity contribution in [3.63, 3.8) is 0 Å². The van der Waals surface area contributed by atoms with Crippen LogP contribution in [-0.4, -0.2) is 19.6 Å². The minimum atomic E-state index is 0.224. The van der Waals surface area contributed by atoms with E-state index in [1.165, 1.54) is 25.7 Å². The average Bonchev–Trinajstić information content (AvgIpc) is 3.10. The fourth-order valence-electron chi connectivity index (χ4n) is 4.18. The Morgan fingerprint density at radius 1 is 1.29 bits per heavy atom. The Hall–Kier alpha value is -1.51. The van der Waals surface area contributed by atoms with E-state index in [9.17, 15) is 4.79 Å². The molecule has 2 aliphatic rings. The van der Waals surface area contributed by atoms with E-state index >= 15 is 0 Å². The quantitative estimate of drug-likeness (QED) is 0.872. The van der Waals surface area contributed by atoms with Crippen LogP contribution in [0.25, 0.3) is 0 Å². The normalized spacial score (nSPS) is 26.8. The Bertz CT molecular complexity index is 500. The third-order valence-electron chi connectivity index (χ3n) is 5.24. The molecule has 0 radical (unpaired) electrons. The molecule has 0 spiro atoms. The second kappa shape index (κ2) is 6.50. The zero-order chi connectivity index (χ0) is 14.7. The first kappa shape index (κ1) is 14.4. The van der Waals surface area contributed by atoms with Crippen LogP contribution in [0.4, 0.5) is 0 Å². The van der Waals surface area contributed by atoms with Crippen molar-refractivity contribution >= 4 is 5.91 Å². The molecule has 2 saturated carbocycles. The maximum Gasteiger partial charge on any atom is 0.220 e. The molecule has 3 heteroatoms. The topological polar surface area (TPSA) is 38.3 Å². The van der Waals surface area contributed by atoms with Gasteiger partial charge in [0.15, 0.2) is 0 Å². The number of fused-ring (bicyclic) bond motifs is 2. The number of amides is 1. The molecular weight excluding hydrogens is 262 g/mol. The van der Waals surface area contributed by atoms with Crippen LogP contribution >= 0.6 is 0 Å². The second-order valence-electron chi connectivity index (χ2n) is 6.55. The smallest absolute Gasteiger partial charge is 0.220 e. The van der Waals surface area contributed by atoms with E-state index in [4.69, 9.17) is 4.74 Å². The summed E-state index contributed by atoms with van der Waals surface area (Å²) < 4.78 is 5.33. The number of carbonyl (C=O) groups is 1. The number of hydrogen-bond donors (Lipinski definition) is 1. The third-order valence-corrected chi connectivity index (χ3v) is 5.24. The van der Waals surface area contributed by atoms with Crippen LogP contribution in [0.3, 0.4) is 0 Å². The third kappa shape index (κ3) is 3.39. The van der Waals surface area contributed by atoms with Gasteiger partial charge in [-0.1, -0.05) is 24.6 Å². The number of rotatable bonds is 6. The van der Waals surface area contributed by atoms with Gasteiger partial charge in [-0.05, 0) is 55.1 Å². The number of nitrogens with one attached hydrogen (secondary N) is 1. The van der Waals surface area contributed by atoms with Crippen LogP contribution in [0, 0.1) is 17.8 Å². The first-order chi connectivity index (χ1) is 10.3. The Labute approximate surface area is 127 Å². The number of hydrogen-bond acceptors (Lipinski definition) is 2. The number of para-hydroxylation sites is 1. The molecule has 0 saturated heterocycles. The summed E-state index contributed by atoms with van der Waals surface area (Å²) >= 11 is 0. The summed E-state index contributed by atoms with van der Waals surface area (Å²) in [5.74, 6) is 3.52. The summed E-state index contributed by atoms with van der Waals surface area (Å²) in [4.78, 5) is 12.1. The molecule has 21 heavy (non-hydrogen) atoms. The summed E-state index contributed by atoms with van der Waals surface area (Å²) in [5, 5.41) is 3.07. The average molecular weight is 287 g/mol. The fraction of sp³-hybridized carbons (Fsp3) is 0.611. The van der Waals surface area contributed by atoms with E-state index < -0.39 is 0 Å². The molecule has 1 aromatic rings. The Balaban J connectivity index is 1.42.